The highest BCUT2D eigenvalue weighted by atomic mass is 15.4. The number of aromatic nitrogens is 4. The van der Waals surface area contributed by atoms with Crippen LogP contribution in [0, 0.1) is 11.8 Å². The third kappa shape index (κ3) is 2.43. The first kappa shape index (κ1) is 23.2. The van der Waals surface area contributed by atoms with Crippen LogP contribution in [-0.2, 0) is 12.1 Å². The second kappa shape index (κ2) is 7.70. The van der Waals surface area contributed by atoms with Crippen molar-refractivity contribution < 1.29 is 9.13 Å². The molecule has 2 aliphatic heterocycles. The van der Waals surface area contributed by atoms with E-state index in [0.29, 0.717) is 11.8 Å². The Labute approximate surface area is 260 Å². The van der Waals surface area contributed by atoms with Crippen LogP contribution in [0.2, 0.25) is 0 Å². The van der Waals surface area contributed by atoms with Crippen molar-refractivity contribution in [2.24, 2.45) is 11.8 Å². The Hall–Kier alpha value is -5.22. The van der Waals surface area contributed by atoms with Crippen molar-refractivity contribution >= 4 is 43.7 Å². The lowest BCUT2D eigenvalue weighted by atomic mass is 9.67. The predicted octanol–water partition coefficient (Wildman–Crippen LogP) is 7.97. The molecule has 3 unspecified atom stereocenters. The zero-order chi connectivity index (χ0) is 29.0. The van der Waals surface area contributed by atoms with Gasteiger partial charge in [0.2, 0.25) is 5.82 Å². The summed E-state index contributed by atoms with van der Waals surface area (Å²) >= 11 is 0. The maximum atomic E-state index is 2.81. The first-order valence-electron chi connectivity index (χ1n) is 16.5. The summed E-state index contributed by atoms with van der Waals surface area (Å²) in [6.45, 7) is 0. The minimum Gasteiger partial charge on any atom is -0.224 e. The zero-order valence-corrected chi connectivity index (χ0v) is 24.8. The zero-order valence-electron chi connectivity index (χ0n) is 24.8. The molecule has 0 saturated heterocycles. The van der Waals surface area contributed by atoms with Crippen molar-refractivity contribution in [1.29, 1.82) is 0 Å². The molecule has 45 heavy (non-hydrogen) atoms. The molecule has 6 heterocycles. The van der Waals surface area contributed by atoms with E-state index < -0.39 is 0 Å². The molecule has 0 radical (unpaired) electrons. The van der Waals surface area contributed by atoms with Crippen molar-refractivity contribution in [2.45, 2.75) is 31.3 Å². The highest BCUT2D eigenvalue weighted by Crippen LogP contribution is 2.56. The molecule has 1 saturated carbocycles. The van der Waals surface area contributed by atoms with E-state index >= 15 is 0 Å². The largest absolute Gasteiger partial charge is 0.300 e. The lowest BCUT2D eigenvalue weighted by molar-refractivity contribution is -0.984. The van der Waals surface area contributed by atoms with Crippen molar-refractivity contribution in [2.75, 3.05) is 0 Å². The summed E-state index contributed by atoms with van der Waals surface area (Å²) < 4.78 is 10.7. The van der Waals surface area contributed by atoms with Gasteiger partial charge in [0, 0.05) is 28.1 Å². The van der Waals surface area contributed by atoms with E-state index in [9.17, 15) is 0 Å². The van der Waals surface area contributed by atoms with E-state index in [-0.39, 0.29) is 5.66 Å². The van der Waals surface area contributed by atoms with Crippen LogP contribution >= 0.6 is 0 Å². The normalized spacial score (nSPS) is 22.0. The SMILES string of the molecule is c1ccc(-c2ccc3[n+]4c2-n2c5ccccc5c5ccc6c(c52)C4(C2CCCC2C6)[n+]2cccc4c5ccccc5n-3c42)cc1. The Balaban J connectivity index is 1.43. The van der Waals surface area contributed by atoms with Gasteiger partial charge in [0.25, 0.3) is 11.5 Å². The number of hydrogen-bond donors (Lipinski definition) is 0. The molecule has 12 rings (SSSR count). The average Bonchev–Trinajstić information content (AvgIpc) is 3.80. The van der Waals surface area contributed by atoms with Crippen LogP contribution in [0.1, 0.15) is 30.4 Å². The summed E-state index contributed by atoms with van der Waals surface area (Å²) in [6.07, 6.45) is 7.42. The van der Waals surface area contributed by atoms with Gasteiger partial charge in [0.1, 0.15) is 16.6 Å². The van der Waals surface area contributed by atoms with Crippen LogP contribution in [0.4, 0.5) is 0 Å². The minimum atomic E-state index is -0.363. The number of fused-ring (bicyclic) bond motifs is 9. The maximum absolute atomic E-state index is 2.81. The summed E-state index contributed by atoms with van der Waals surface area (Å²) in [5, 5.41) is 5.36. The molecular formula is C41H30N4+2. The van der Waals surface area contributed by atoms with Gasteiger partial charge in [-0.3, -0.25) is 0 Å². The molecule has 4 aromatic heterocycles. The Bertz CT molecular complexity index is 2620. The fourth-order valence-electron chi connectivity index (χ4n) is 10.4. The third-order valence-electron chi connectivity index (χ3n) is 11.9. The van der Waals surface area contributed by atoms with E-state index in [1.807, 2.05) is 0 Å². The summed E-state index contributed by atoms with van der Waals surface area (Å²) in [5.74, 6) is 3.70. The molecule has 3 atom stereocenters. The third-order valence-corrected chi connectivity index (χ3v) is 11.9. The summed E-state index contributed by atoms with van der Waals surface area (Å²) in [6, 6.07) is 43.5. The van der Waals surface area contributed by atoms with Crippen LogP contribution in [0.15, 0.2) is 121 Å². The molecule has 4 nitrogen and oxygen atoms in total. The van der Waals surface area contributed by atoms with Crippen LogP contribution in [0.5, 0.6) is 0 Å². The van der Waals surface area contributed by atoms with Crippen LogP contribution in [0.25, 0.3) is 66.5 Å². The lowest BCUT2D eigenvalue weighted by Crippen LogP contribution is -2.83. The molecule has 0 N–H and O–H groups in total. The second-order valence-corrected chi connectivity index (χ2v) is 13.7. The van der Waals surface area contributed by atoms with E-state index in [1.54, 1.807) is 0 Å². The average molecular weight is 579 g/mol. The fraction of sp³-hybridized carbons (Fsp3) is 0.171. The van der Waals surface area contributed by atoms with Gasteiger partial charge in [0.05, 0.1) is 22.7 Å². The topological polar surface area (TPSA) is 17.6 Å². The van der Waals surface area contributed by atoms with Gasteiger partial charge in [-0.2, -0.15) is 13.7 Å². The molecule has 0 bridgehead atoms. The van der Waals surface area contributed by atoms with E-state index in [1.165, 1.54) is 103 Å². The van der Waals surface area contributed by atoms with E-state index in [4.69, 9.17) is 0 Å². The molecule has 1 spiro atoms. The highest BCUT2D eigenvalue weighted by molar-refractivity contribution is 6.12. The van der Waals surface area contributed by atoms with E-state index in [2.05, 4.69) is 140 Å². The van der Waals surface area contributed by atoms with Crippen molar-refractivity contribution in [3.8, 4) is 22.8 Å². The van der Waals surface area contributed by atoms with Gasteiger partial charge >= 0.3 is 5.65 Å². The van der Waals surface area contributed by atoms with Gasteiger partial charge in [-0.05, 0) is 72.7 Å². The second-order valence-electron chi connectivity index (χ2n) is 13.7. The monoisotopic (exact) mass is 578 g/mol. The number of benzene rings is 4. The number of hydrogen-bond acceptors (Lipinski definition) is 0. The molecule has 8 aromatic rings. The van der Waals surface area contributed by atoms with E-state index in [0.717, 1.165) is 0 Å². The van der Waals surface area contributed by atoms with Crippen LogP contribution < -0.4 is 9.13 Å². The highest BCUT2D eigenvalue weighted by Gasteiger charge is 2.66. The fourth-order valence-corrected chi connectivity index (χ4v) is 10.4. The number of nitrogens with zero attached hydrogens (tertiary/aromatic N) is 4. The molecule has 0 amide bonds. The standard InChI is InChI=1S/C41H30N4/c1-2-10-25(11-3-1)28-21-22-36-43-34-17-6-5-14-30(34)32-15-9-23-42(39(32)43)41-33-16-8-12-26(33)24-27-19-20-31-29-13-4-7-18-35(29)44(38(31)37(27)41)40(28)45(36)41/h1-7,9-11,13-15,17-23,26,33H,8,12,16,24H2/q+2. The Kier molecular flexibility index (Phi) is 3.97. The molecule has 212 valence electrons. The first-order valence-corrected chi connectivity index (χ1v) is 16.5. The Morgan fingerprint density at radius 2 is 1.40 bits per heavy atom. The summed E-state index contributed by atoms with van der Waals surface area (Å²) in [4.78, 5) is 0. The number of pyridine rings is 2. The molecule has 4 aliphatic rings. The molecule has 4 aromatic carbocycles. The Morgan fingerprint density at radius 3 is 2.27 bits per heavy atom. The smallest absolute Gasteiger partial charge is 0.224 e. The number of rotatable bonds is 1. The Morgan fingerprint density at radius 1 is 0.644 bits per heavy atom. The minimum absolute atomic E-state index is 0.363. The molecular weight excluding hydrogens is 548 g/mol. The quantitative estimate of drug-likeness (QED) is 0.176. The van der Waals surface area contributed by atoms with Gasteiger partial charge in [-0.25, -0.2) is 4.57 Å². The van der Waals surface area contributed by atoms with Gasteiger partial charge in [-0.1, -0.05) is 79.2 Å². The van der Waals surface area contributed by atoms with Crippen LogP contribution in [-0.4, -0.2) is 9.13 Å². The van der Waals surface area contributed by atoms with Gasteiger partial charge in [-0.15, -0.1) is 0 Å². The molecule has 2 aliphatic carbocycles. The predicted molar refractivity (Wildman–Crippen MR) is 178 cm³/mol. The van der Waals surface area contributed by atoms with Crippen molar-refractivity contribution in [3.05, 3.63) is 133 Å². The lowest BCUT2D eigenvalue weighted by Gasteiger charge is -2.48. The van der Waals surface area contributed by atoms with Crippen molar-refractivity contribution in [1.82, 2.24) is 9.13 Å². The van der Waals surface area contributed by atoms with Crippen LogP contribution in [0.3, 0.4) is 0 Å². The summed E-state index contributed by atoms with van der Waals surface area (Å²) in [5.41, 5.74) is 10.5. The van der Waals surface area contributed by atoms with Gasteiger partial charge < -0.3 is 0 Å². The molecule has 1 fully saturated rings. The maximum Gasteiger partial charge on any atom is 0.300 e. The van der Waals surface area contributed by atoms with Crippen molar-refractivity contribution in [3.63, 3.8) is 0 Å². The summed E-state index contributed by atoms with van der Waals surface area (Å²) in [7, 11) is 0. The van der Waals surface area contributed by atoms with Gasteiger partial charge in [0.15, 0.2) is 0 Å². The number of para-hydroxylation sites is 2. The molecule has 4 heteroatoms. The first-order chi connectivity index (χ1) is 22.4.